The molecule has 0 bridgehead atoms. The zero-order valence-electron chi connectivity index (χ0n) is 13.8. The molecule has 3 heteroatoms. The Hall–Kier alpha value is -2.42. The monoisotopic (exact) mass is 308 g/mol. The van der Waals surface area contributed by atoms with Crippen molar-refractivity contribution in [1.82, 2.24) is 0 Å². The Morgan fingerprint density at radius 2 is 1.65 bits per heavy atom. The lowest BCUT2D eigenvalue weighted by atomic mass is 9.74. The first-order chi connectivity index (χ1) is 10.9. The second kappa shape index (κ2) is 5.34. The minimum absolute atomic E-state index is 0.109. The van der Waals surface area contributed by atoms with Gasteiger partial charge in [-0.1, -0.05) is 42.5 Å². The van der Waals surface area contributed by atoms with Crippen LogP contribution in [0.5, 0.6) is 0 Å². The Balaban J connectivity index is 2.33. The SMILES string of the molecule is CC(=O)OC1C(=O)c2c(C)ccc(C)c2C1(C)c1ccccc1. The van der Waals surface area contributed by atoms with E-state index in [9.17, 15) is 9.59 Å². The van der Waals surface area contributed by atoms with Crippen LogP contribution in [-0.2, 0) is 14.9 Å². The van der Waals surface area contributed by atoms with Gasteiger partial charge in [0.25, 0.3) is 0 Å². The first kappa shape index (κ1) is 15.5. The molecule has 0 N–H and O–H groups in total. The van der Waals surface area contributed by atoms with Crippen molar-refractivity contribution in [2.75, 3.05) is 0 Å². The first-order valence-electron chi connectivity index (χ1n) is 7.75. The topological polar surface area (TPSA) is 43.4 Å². The summed E-state index contributed by atoms with van der Waals surface area (Å²) in [6.07, 6.45) is -0.822. The van der Waals surface area contributed by atoms with Crippen molar-refractivity contribution >= 4 is 11.8 Å². The highest BCUT2D eigenvalue weighted by atomic mass is 16.5. The highest BCUT2D eigenvalue weighted by Gasteiger charge is 2.53. The van der Waals surface area contributed by atoms with E-state index in [-0.39, 0.29) is 5.78 Å². The lowest BCUT2D eigenvalue weighted by Gasteiger charge is -2.32. The maximum atomic E-state index is 13.0. The van der Waals surface area contributed by atoms with Gasteiger partial charge in [0.2, 0.25) is 5.78 Å². The van der Waals surface area contributed by atoms with E-state index >= 15 is 0 Å². The van der Waals surface area contributed by atoms with Gasteiger partial charge in [-0.05, 0) is 43.0 Å². The average molecular weight is 308 g/mol. The van der Waals surface area contributed by atoms with E-state index in [1.165, 1.54) is 6.92 Å². The van der Waals surface area contributed by atoms with Crippen molar-refractivity contribution < 1.29 is 14.3 Å². The van der Waals surface area contributed by atoms with E-state index < -0.39 is 17.5 Å². The van der Waals surface area contributed by atoms with Crippen molar-refractivity contribution in [2.24, 2.45) is 0 Å². The summed E-state index contributed by atoms with van der Waals surface area (Å²) in [5.41, 5.74) is 3.94. The second-order valence-corrected chi connectivity index (χ2v) is 6.37. The number of hydrogen-bond donors (Lipinski definition) is 0. The van der Waals surface area contributed by atoms with Gasteiger partial charge in [-0.3, -0.25) is 9.59 Å². The Bertz CT molecular complexity index is 792. The van der Waals surface area contributed by atoms with E-state index in [0.717, 1.165) is 22.3 Å². The number of ketones is 1. The third-order valence-electron chi connectivity index (χ3n) is 4.81. The minimum atomic E-state index is -0.822. The molecule has 0 aliphatic heterocycles. The minimum Gasteiger partial charge on any atom is -0.453 e. The van der Waals surface area contributed by atoms with E-state index in [2.05, 4.69) is 0 Å². The summed E-state index contributed by atoms with van der Waals surface area (Å²) in [5, 5.41) is 0. The Kier molecular flexibility index (Phi) is 3.59. The summed E-state index contributed by atoms with van der Waals surface area (Å²) in [7, 11) is 0. The van der Waals surface area contributed by atoms with Gasteiger partial charge in [-0.15, -0.1) is 0 Å². The van der Waals surface area contributed by atoms with Crippen molar-refractivity contribution in [2.45, 2.75) is 39.2 Å². The molecule has 0 radical (unpaired) electrons. The molecule has 0 amide bonds. The molecule has 1 aliphatic carbocycles. The fourth-order valence-electron chi connectivity index (χ4n) is 3.74. The number of carbonyl (C=O) groups is 2. The van der Waals surface area contributed by atoms with E-state index in [1.54, 1.807) is 0 Å². The molecule has 0 spiro atoms. The molecular weight excluding hydrogens is 288 g/mol. The standard InChI is InChI=1S/C20H20O3/c1-12-10-11-13(2)17-16(12)18(22)19(23-14(3)21)20(17,4)15-8-6-5-7-9-15/h5-11,19H,1-4H3. The zero-order valence-corrected chi connectivity index (χ0v) is 13.8. The molecule has 1 aliphatic rings. The van der Waals surface area contributed by atoms with Crippen molar-refractivity contribution in [3.8, 4) is 0 Å². The maximum absolute atomic E-state index is 13.0. The summed E-state index contributed by atoms with van der Waals surface area (Å²) in [6.45, 7) is 7.27. The predicted octanol–water partition coefficient (Wildman–Crippen LogP) is 3.74. The summed E-state index contributed by atoms with van der Waals surface area (Å²) < 4.78 is 5.50. The molecule has 23 heavy (non-hydrogen) atoms. The van der Waals surface area contributed by atoms with Crippen molar-refractivity contribution in [3.63, 3.8) is 0 Å². The highest BCUT2D eigenvalue weighted by Crippen LogP contribution is 2.47. The highest BCUT2D eigenvalue weighted by molar-refractivity contribution is 6.08. The van der Waals surface area contributed by atoms with Crippen molar-refractivity contribution in [3.05, 3.63) is 70.3 Å². The molecule has 2 aromatic rings. The van der Waals surface area contributed by atoms with Crippen LogP contribution in [0.25, 0.3) is 0 Å². The molecule has 3 rings (SSSR count). The fourth-order valence-corrected chi connectivity index (χ4v) is 3.74. The second-order valence-electron chi connectivity index (χ2n) is 6.37. The molecule has 2 atom stereocenters. The smallest absolute Gasteiger partial charge is 0.303 e. The van der Waals surface area contributed by atoms with E-state index in [4.69, 9.17) is 4.74 Å². The normalized spacial score (nSPS) is 22.8. The van der Waals surface area contributed by atoms with Crippen LogP contribution in [0.2, 0.25) is 0 Å². The third-order valence-corrected chi connectivity index (χ3v) is 4.81. The number of rotatable bonds is 2. The summed E-state index contributed by atoms with van der Waals surface area (Å²) in [4.78, 5) is 24.6. The van der Waals surface area contributed by atoms with Gasteiger partial charge in [-0.2, -0.15) is 0 Å². The average Bonchev–Trinajstić information content (AvgIpc) is 2.75. The van der Waals surface area contributed by atoms with Crippen LogP contribution < -0.4 is 0 Å². The van der Waals surface area contributed by atoms with Crippen LogP contribution in [0, 0.1) is 13.8 Å². The first-order valence-corrected chi connectivity index (χ1v) is 7.75. The molecule has 0 saturated heterocycles. The van der Waals surface area contributed by atoms with Crippen LogP contribution in [0.1, 0.15) is 46.5 Å². The number of Topliss-reactive ketones (excluding diaryl/α,β-unsaturated/α-hetero) is 1. The summed E-state index contributed by atoms with van der Waals surface area (Å²) in [5.74, 6) is -0.545. The van der Waals surface area contributed by atoms with Gasteiger partial charge in [0, 0.05) is 12.5 Å². The van der Waals surface area contributed by atoms with Gasteiger partial charge in [0.15, 0.2) is 6.10 Å². The number of aryl methyl sites for hydroxylation is 2. The van der Waals surface area contributed by atoms with E-state index in [1.807, 2.05) is 63.2 Å². The number of hydrogen-bond acceptors (Lipinski definition) is 3. The Morgan fingerprint density at radius 3 is 2.26 bits per heavy atom. The largest absolute Gasteiger partial charge is 0.453 e. The molecule has 0 saturated carbocycles. The Labute approximate surface area is 136 Å². The number of carbonyl (C=O) groups excluding carboxylic acids is 2. The predicted molar refractivity (Wildman–Crippen MR) is 88.7 cm³/mol. The molecule has 2 unspecified atom stereocenters. The van der Waals surface area contributed by atoms with Gasteiger partial charge in [0.05, 0.1) is 5.41 Å². The van der Waals surface area contributed by atoms with Crippen LogP contribution in [0.15, 0.2) is 42.5 Å². The Morgan fingerprint density at radius 1 is 1.04 bits per heavy atom. The van der Waals surface area contributed by atoms with Gasteiger partial charge >= 0.3 is 5.97 Å². The maximum Gasteiger partial charge on any atom is 0.303 e. The molecule has 2 aromatic carbocycles. The summed E-state index contributed by atoms with van der Waals surface area (Å²) in [6, 6.07) is 13.8. The lowest BCUT2D eigenvalue weighted by Crippen LogP contribution is -2.40. The quantitative estimate of drug-likeness (QED) is 0.794. The molecule has 118 valence electrons. The molecule has 0 aromatic heterocycles. The van der Waals surface area contributed by atoms with Crippen LogP contribution >= 0.6 is 0 Å². The van der Waals surface area contributed by atoms with E-state index in [0.29, 0.717) is 5.56 Å². The van der Waals surface area contributed by atoms with Crippen molar-refractivity contribution in [1.29, 1.82) is 0 Å². The molecule has 0 heterocycles. The van der Waals surface area contributed by atoms with Crippen LogP contribution in [0.3, 0.4) is 0 Å². The molecule has 0 fully saturated rings. The zero-order chi connectivity index (χ0) is 16.8. The van der Waals surface area contributed by atoms with Crippen LogP contribution in [-0.4, -0.2) is 17.9 Å². The van der Waals surface area contributed by atoms with Gasteiger partial charge in [-0.25, -0.2) is 0 Å². The number of fused-ring (bicyclic) bond motifs is 1. The fraction of sp³-hybridized carbons (Fsp3) is 0.300. The van der Waals surface area contributed by atoms with Crippen LogP contribution in [0.4, 0.5) is 0 Å². The molecular formula is C20H20O3. The number of ether oxygens (including phenoxy) is 1. The number of benzene rings is 2. The molecule has 3 nitrogen and oxygen atoms in total. The number of esters is 1. The third kappa shape index (κ3) is 2.19. The van der Waals surface area contributed by atoms with Gasteiger partial charge in [0.1, 0.15) is 0 Å². The summed E-state index contributed by atoms with van der Waals surface area (Å²) >= 11 is 0. The lowest BCUT2D eigenvalue weighted by molar-refractivity contribution is -0.146. The van der Waals surface area contributed by atoms with Gasteiger partial charge < -0.3 is 4.74 Å².